The molecule has 1 aliphatic rings. The van der Waals surface area contributed by atoms with Crippen LogP contribution in [-0.4, -0.2) is 57.5 Å². The van der Waals surface area contributed by atoms with Gasteiger partial charge in [-0.15, -0.1) is 24.8 Å². The van der Waals surface area contributed by atoms with Crippen molar-refractivity contribution in [1.29, 1.82) is 0 Å². The number of piperazine rings is 1. The molecular weight excluding hydrogens is 448 g/mol. The van der Waals surface area contributed by atoms with Crippen LogP contribution in [0.3, 0.4) is 0 Å². The lowest BCUT2D eigenvalue weighted by atomic mass is 10.2. The fourth-order valence-electron chi connectivity index (χ4n) is 2.61. The average Bonchev–Trinajstić information content (AvgIpc) is 2.58. The first-order valence-corrected chi connectivity index (χ1v) is 9.38. The number of sulfonamides is 1. The summed E-state index contributed by atoms with van der Waals surface area (Å²) in [4.78, 5) is 10.8. The molecule has 0 bridgehead atoms. The van der Waals surface area contributed by atoms with Gasteiger partial charge in [0, 0.05) is 44.9 Å². The van der Waals surface area contributed by atoms with Crippen LogP contribution in [0.2, 0.25) is 0 Å². The first-order valence-electron chi connectivity index (χ1n) is 7.89. The maximum absolute atomic E-state index is 13.1. The Morgan fingerprint density at radius 1 is 1.21 bits per heavy atom. The zero-order valence-corrected chi connectivity index (χ0v) is 17.0. The number of hydrogen-bond donors (Lipinski definition) is 2. The Kier molecular flexibility index (Phi) is 10.7. The Balaban J connectivity index is 0.00000364. The molecule has 162 valence electrons. The third-order valence-corrected chi connectivity index (χ3v) is 5.44. The van der Waals surface area contributed by atoms with Gasteiger partial charge in [-0.1, -0.05) is 0 Å². The summed E-state index contributed by atoms with van der Waals surface area (Å²) >= 11 is 0. The lowest BCUT2D eigenvalue weighted by Crippen LogP contribution is -2.44. The standard InChI is InChI=1S/C14H19F3N4O4S.2ClH/c15-14(16,17)12-10-11(21(22)23)2-3-13(12)26(24,25)19-4-1-7-20-8-5-18-6-9-20;;/h2-3,10,18-19H,1,4-9H2;2*1H. The number of nitrogens with zero attached hydrogens (tertiary/aromatic N) is 2. The molecule has 1 aromatic carbocycles. The van der Waals surface area contributed by atoms with Gasteiger partial charge in [0.05, 0.1) is 15.4 Å². The molecule has 0 aromatic heterocycles. The lowest BCUT2D eigenvalue weighted by molar-refractivity contribution is -0.385. The molecule has 1 saturated heterocycles. The quantitative estimate of drug-likeness (QED) is 0.360. The third-order valence-electron chi connectivity index (χ3n) is 3.92. The number of benzene rings is 1. The predicted molar refractivity (Wildman–Crippen MR) is 102 cm³/mol. The maximum atomic E-state index is 13.1. The molecule has 2 rings (SSSR count). The fourth-order valence-corrected chi connectivity index (χ4v) is 3.89. The van der Waals surface area contributed by atoms with Crippen LogP contribution in [0, 0.1) is 10.1 Å². The highest BCUT2D eigenvalue weighted by Crippen LogP contribution is 2.36. The highest BCUT2D eigenvalue weighted by Gasteiger charge is 2.38. The van der Waals surface area contributed by atoms with E-state index >= 15 is 0 Å². The molecule has 0 radical (unpaired) electrons. The molecule has 0 aliphatic carbocycles. The number of rotatable bonds is 7. The Labute approximate surface area is 172 Å². The minimum atomic E-state index is -5.03. The van der Waals surface area contributed by atoms with E-state index in [2.05, 4.69) is 14.9 Å². The molecule has 2 N–H and O–H groups in total. The van der Waals surface area contributed by atoms with Crippen LogP contribution in [0.15, 0.2) is 23.1 Å². The Morgan fingerprint density at radius 3 is 2.36 bits per heavy atom. The smallest absolute Gasteiger partial charge is 0.314 e. The summed E-state index contributed by atoms with van der Waals surface area (Å²) in [7, 11) is -4.44. The van der Waals surface area contributed by atoms with E-state index in [1.54, 1.807) is 0 Å². The molecule has 0 amide bonds. The number of halogens is 5. The first kappa shape index (κ1) is 26.8. The minimum absolute atomic E-state index is 0. The van der Waals surface area contributed by atoms with E-state index in [4.69, 9.17) is 0 Å². The second kappa shape index (κ2) is 11.1. The van der Waals surface area contributed by atoms with Crippen LogP contribution in [0.4, 0.5) is 18.9 Å². The molecule has 1 fully saturated rings. The molecule has 28 heavy (non-hydrogen) atoms. The normalized spacial score (nSPS) is 15.4. The molecular formula is C14H21Cl2F3N4O4S. The van der Waals surface area contributed by atoms with Crippen LogP contribution < -0.4 is 10.0 Å². The number of hydrogen-bond acceptors (Lipinski definition) is 6. The minimum Gasteiger partial charge on any atom is -0.314 e. The molecule has 0 spiro atoms. The van der Waals surface area contributed by atoms with E-state index in [1.807, 2.05) is 0 Å². The van der Waals surface area contributed by atoms with Crippen LogP contribution >= 0.6 is 24.8 Å². The van der Waals surface area contributed by atoms with Crippen molar-refractivity contribution in [2.75, 3.05) is 39.3 Å². The van der Waals surface area contributed by atoms with Crippen molar-refractivity contribution in [3.63, 3.8) is 0 Å². The third kappa shape index (κ3) is 7.33. The Morgan fingerprint density at radius 2 is 1.82 bits per heavy atom. The molecule has 1 aliphatic heterocycles. The van der Waals surface area contributed by atoms with Gasteiger partial charge < -0.3 is 10.2 Å². The lowest BCUT2D eigenvalue weighted by Gasteiger charge is -2.27. The van der Waals surface area contributed by atoms with Gasteiger partial charge in [0.15, 0.2) is 0 Å². The zero-order valence-electron chi connectivity index (χ0n) is 14.6. The summed E-state index contributed by atoms with van der Waals surface area (Å²) in [6, 6.07) is 1.58. The topological polar surface area (TPSA) is 105 Å². The monoisotopic (exact) mass is 468 g/mol. The number of nitro benzene ring substituents is 1. The summed E-state index contributed by atoms with van der Waals surface area (Å²) < 4.78 is 66.0. The summed E-state index contributed by atoms with van der Waals surface area (Å²) in [5.74, 6) is 0. The van der Waals surface area contributed by atoms with Crippen LogP contribution in [0.25, 0.3) is 0 Å². The predicted octanol–water partition coefficient (Wildman–Crippen LogP) is 2.03. The van der Waals surface area contributed by atoms with Gasteiger partial charge in [-0.2, -0.15) is 13.2 Å². The summed E-state index contributed by atoms with van der Waals surface area (Å²) in [6.45, 7) is 3.92. The summed E-state index contributed by atoms with van der Waals surface area (Å²) in [5, 5.41) is 13.8. The zero-order chi connectivity index (χ0) is 19.4. The molecule has 0 atom stereocenters. The van der Waals surface area contributed by atoms with Gasteiger partial charge in [0.1, 0.15) is 0 Å². The SMILES string of the molecule is Cl.Cl.O=[N+]([O-])c1ccc(S(=O)(=O)NCCCN2CCNCC2)c(C(F)(F)F)c1. The second-order valence-corrected chi connectivity index (χ2v) is 7.51. The van der Waals surface area contributed by atoms with Crippen molar-refractivity contribution in [1.82, 2.24) is 14.9 Å². The molecule has 0 unspecified atom stereocenters. The summed E-state index contributed by atoms with van der Waals surface area (Å²) in [6.07, 6.45) is -4.59. The van der Waals surface area contributed by atoms with Crippen molar-refractivity contribution >= 4 is 40.5 Å². The number of alkyl halides is 3. The van der Waals surface area contributed by atoms with E-state index in [0.29, 0.717) is 19.0 Å². The largest absolute Gasteiger partial charge is 0.417 e. The first-order chi connectivity index (χ1) is 12.1. The van der Waals surface area contributed by atoms with Crippen molar-refractivity contribution in [2.45, 2.75) is 17.5 Å². The molecule has 1 aromatic rings. The molecule has 0 saturated carbocycles. The van der Waals surface area contributed by atoms with E-state index in [9.17, 15) is 31.7 Å². The number of nitro groups is 1. The van der Waals surface area contributed by atoms with Crippen LogP contribution in [-0.2, 0) is 16.2 Å². The van der Waals surface area contributed by atoms with Crippen LogP contribution in [0.1, 0.15) is 12.0 Å². The van der Waals surface area contributed by atoms with Crippen molar-refractivity contribution in [3.8, 4) is 0 Å². The van der Waals surface area contributed by atoms with Crippen LogP contribution in [0.5, 0.6) is 0 Å². The van der Waals surface area contributed by atoms with Gasteiger partial charge in [-0.3, -0.25) is 10.1 Å². The highest BCUT2D eigenvalue weighted by atomic mass is 35.5. The Hall–Kier alpha value is -1.18. The Bertz CT molecular complexity index is 759. The molecule has 14 heteroatoms. The fraction of sp³-hybridized carbons (Fsp3) is 0.571. The number of nitrogens with one attached hydrogen (secondary N) is 2. The van der Waals surface area contributed by atoms with E-state index < -0.39 is 37.3 Å². The van der Waals surface area contributed by atoms with Crippen molar-refractivity contribution in [2.24, 2.45) is 0 Å². The van der Waals surface area contributed by atoms with E-state index in [1.165, 1.54) is 0 Å². The highest BCUT2D eigenvalue weighted by molar-refractivity contribution is 7.89. The molecule has 1 heterocycles. The van der Waals surface area contributed by atoms with E-state index in [-0.39, 0.29) is 37.4 Å². The number of non-ortho nitro benzene ring substituents is 1. The van der Waals surface area contributed by atoms with Crippen molar-refractivity contribution < 1.29 is 26.5 Å². The van der Waals surface area contributed by atoms with Gasteiger partial charge >= 0.3 is 6.18 Å². The van der Waals surface area contributed by atoms with Crippen molar-refractivity contribution in [3.05, 3.63) is 33.9 Å². The van der Waals surface area contributed by atoms with Gasteiger partial charge in [-0.25, -0.2) is 13.1 Å². The van der Waals surface area contributed by atoms with E-state index in [0.717, 1.165) is 32.2 Å². The second-order valence-electron chi connectivity index (χ2n) is 5.78. The molecule has 8 nitrogen and oxygen atoms in total. The van der Waals surface area contributed by atoms with Gasteiger partial charge in [0.2, 0.25) is 10.0 Å². The van der Waals surface area contributed by atoms with Gasteiger partial charge in [-0.05, 0) is 19.0 Å². The summed E-state index contributed by atoms with van der Waals surface area (Å²) in [5.41, 5.74) is -2.38. The van der Waals surface area contributed by atoms with Gasteiger partial charge in [0.25, 0.3) is 5.69 Å². The average molecular weight is 469 g/mol. The maximum Gasteiger partial charge on any atom is 0.417 e.